The number of hydrogen-bond donors (Lipinski definition) is 0. The number of sulfonamides is 1. The molecule has 1 aliphatic heterocycles. The third-order valence-corrected chi connectivity index (χ3v) is 5.83. The van der Waals surface area contributed by atoms with Crippen LogP contribution in [0.5, 0.6) is 0 Å². The van der Waals surface area contributed by atoms with Crippen molar-refractivity contribution in [2.24, 2.45) is 0 Å². The maximum Gasteiger partial charge on any atom is 0.246 e. The van der Waals surface area contributed by atoms with Crippen LogP contribution in [0.15, 0.2) is 17.3 Å². The van der Waals surface area contributed by atoms with E-state index in [1.165, 1.54) is 10.5 Å². The van der Waals surface area contributed by atoms with Gasteiger partial charge < -0.3 is 4.90 Å². The van der Waals surface area contributed by atoms with E-state index < -0.39 is 10.0 Å². The van der Waals surface area contributed by atoms with Crippen LogP contribution in [0.2, 0.25) is 0 Å². The number of rotatable bonds is 5. The topological polar surface area (TPSA) is 58.4 Å². The molecule has 114 valence electrons. The molecular weight excluding hydrogens is 300 g/mol. The van der Waals surface area contributed by atoms with E-state index in [2.05, 4.69) is 17.0 Å². The zero-order chi connectivity index (χ0) is 14.8. The normalized spacial score (nSPS) is 18.8. The Labute approximate surface area is 125 Å². The molecule has 0 radical (unpaired) electrons. The van der Waals surface area contributed by atoms with Gasteiger partial charge in [0.2, 0.25) is 10.0 Å². The van der Waals surface area contributed by atoms with E-state index in [0.29, 0.717) is 12.4 Å². The van der Waals surface area contributed by atoms with Crippen LogP contribution >= 0.6 is 11.6 Å². The second kappa shape index (κ2) is 6.43. The Bertz CT molecular complexity index is 537. The second-order valence-electron chi connectivity index (χ2n) is 5.18. The SMILES string of the molecule is CN1CCC(N(C)S(=O)(=O)c2cnn(CCCl)c2)CC1. The van der Waals surface area contributed by atoms with Gasteiger partial charge in [0.05, 0.1) is 12.7 Å². The molecule has 0 aromatic carbocycles. The molecule has 1 saturated heterocycles. The third kappa shape index (κ3) is 3.33. The molecule has 0 unspecified atom stereocenters. The molecule has 20 heavy (non-hydrogen) atoms. The maximum atomic E-state index is 12.6. The summed E-state index contributed by atoms with van der Waals surface area (Å²) >= 11 is 5.63. The van der Waals surface area contributed by atoms with Crippen molar-refractivity contribution >= 4 is 21.6 Å². The van der Waals surface area contributed by atoms with Crippen molar-refractivity contribution in [3.8, 4) is 0 Å². The molecule has 0 amide bonds. The minimum absolute atomic E-state index is 0.0626. The van der Waals surface area contributed by atoms with Crippen LogP contribution in [0, 0.1) is 0 Å². The lowest BCUT2D eigenvalue weighted by molar-refractivity contribution is 0.197. The van der Waals surface area contributed by atoms with Crippen LogP contribution in [0.1, 0.15) is 12.8 Å². The highest BCUT2D eigenvalue weighted by Gasteiger charge is 2.30. The fourth-order valence-corrected chi connectivity index (χ4v) is 3.95. The zero-order valence-electron chi connectivity index (χ0n) is 11.9. The van der Waals surface area contributed by atoms with Gasteiger partial charge in [0.15, 0.2) is 0 Å². The van der Waals surface area contributed by atoms with Gasteiger partial charge in [-0.15, -0.1) is 11.6 Å². The molecule has 8 heteroatoms. The lowest BCUT2D eigenvalue weighted by Crippen LogP contribution is -2.44. The van der Waals surface area contributed by atoms with Crippen LogP contribution < -0.4 is 0 Å². The zero-order valence-corrected chi connectivity index (χ0v) is 13.4. The summed E-state index contributed by atoms with van der Waals surface area (Å²) in [6.45, 7) is 2.36. The number of likely N-dealkylation sites (tertiary alicyclic amines) is 1. The van der Waals surface area contributed by atoms with Crippen molar-refractivity contribution in [3.63, 3.8) is 0 Å². The smallest absolute Gasteiger partial charge is 0.246 e. The second-order valence-corrected chi connectivity index (χ2v) is 7.56. The summed E-state index contributed by atoms with van der Waals surface area (Å²) in [7, 11) is 0.248. The molecule has 6 nitrogen and oxygen atoms in total. The Morgan fingerprint density at radius 3 is 2.70 bits per heavy atom. The van der Waals surface area contributed by atoms with Crippen molar-refractivity contribution in [1.29, 1.82) is 0 Å². The number of aryl methyl sites for hydroxylation is 1. The third-order valence-electron chi connectivity index (χ3n) is 3.80. The van der Waals surface area contributed by atoms with Gasteiger partial charge in [-0.3, -0.25) is 4.68 Å². The van der Waals surface area contributed by atoms with Gasteiger partial charge in [0, 0.05) is 25.2 Å². The molecule has 0 bridgehead atoms. The minimum atomic E-state index is -3.47. The van der Waals surface area contributed by atoms with Crippen LogP contribution in [0.3, 0.4) is 0 Å². The lowest BCUT2D eigenvalue weighted by Gasteiger charge is -2.34. The quantitative estimate of drug-likeness (QED) is 0.754. The fraction of sp³-hybridized carbons (Fsp3) is 0.750. The molecular formula is C12H21ClN4O2S. The average Bonchev–Trinajstić information content (AvgIpc) is 2.88. The predicted octanol–water partition coefficient (Wildman–Crippen LogP) is 0.837. The van der Waals surface area contributed by atoms with E-state index in [1.807, 2.05) is 0 Å². The Balaban J connectivity index is 2.12. The average molecular weight is 321 g/mol. The summed E-state index contributed by atoms with van der Waals surface area (Å²) in [4.78, 5) is 2.46. The van der Waals surface area contributed by atoms with Gasteiger partial charge in [0.25, 0.3) is 0 Å². The first-order chi connectivity index (χ1) is 9.45. The number of piperidine rings is 1. The molecule has 0 spiro atoms. The molecule has 0 saturated carbocycles. The molecule has 1 fully saturated rings. The van der Waals surface area contributed by atoms with E-state index in [1.54, 1.807) is 17.9 Å². The van der Waals surface area contributed by atoms with Crippen LogP contribution in [0.25, 0.3) is 0 Å². The van der Waals surface area contributed by atoms with Gasteiger partial charge in [-0.2, -0.15) is 9.40 Å². The Kier molecular flexibility index (Phi) is 5.06. The number of halogens is 1. The number of nitrogens with zero attached hydrogens (tertiary/aromatic N) is 4. The standard InChI is InChI=1S/C12H21ClN4O2S/c1-15-6-3-11(4-7-15)16(2)20(18,19)12-9-14-17(10-12)8-5-13/h9-11H,3-8H2,1-2H3. The molecule has 0 aliphatic carbocycles. The summed E-state index contributed by atoms with van der Waals surface area (Å²) in [6, 6.07) is 0.0626. The maximum absolute atomic E-state index is 12.6. The van der Waals surface area contributed by atoms with Gasteiger partial charge >= 0.3 is 0 Å². The first-order valence-electron chi connectivity index (χ1n) is 6.70. The van der Waals surface area contributed by atoms with Gasteiger partial charge in [-0.05, 0) is 33.0 Å². The molecule has 2 rings (SSSR count). The summed E-state index contributed by atoms with van der Waals surface area (Å²) in [5.74, 6) is 0.409. The van der Waals surface area contributed by atoms with Gasteiger partial charge in [-0.1, -0.05) is 0 Å². The van der Waals surface area contributed by atoms with Gasteiger partial charge in [-0.25, -0.2) is 8.42 Å². The molecule has 2 heterocycles. The number of hydrogen-bond acceptors (Lipinski definition) is 4. The van der Waals surface area contributed by atoms with Gasteiger partial charge in [0.1, 0.15) is 4.90 Å². The van der Waals surface area contributed by atoms with Crippen LogP contribution in [-0.2, 0) is 16.6 Å². The van der Waals surface area contributed by atoms with E-state index in [9.17, 15) is 8.42 Å². The van der Waals surface area contributed by atoms with E-state index in [4.69, 9.17) is 11.6 Å². The van der Waals surface area contributed by atoms with E-state index in [0.717, 1.165) is 25.9 Å². The van der Waals surface area contributed by atoms with Crippen molar-refractivity contribution in [2.75, 3.05) is 33.1 Å². The monoisotopic (exact) mass is 320 g/mol. The molecule has 1 aliphatic rings. The number of aromatic nitrogens is 2. The van der Waals surface area contributed by atoms with Crippen molar-refractivity contribution in [3.05, 3.63) is 12.4 Å². The Morgan fingerprint density at radius 2 is 2.10 bits per heavy atom. The largest absolute Gasteiger partial charge is 0.306 e. The molecule has 1 aromatic heterocycles. The molecule has 0 N–H and O–H groups in total. The Morgan fingerprint density at radius 1 is 1.45 bits per heavy atom. The summed E-state index contributed by atoms with van der Waals surface area (Å²) in [5.41, 5.74) is 0. The van der Waals surface area contributed by atoms with Crippen molar-refractivity contribution in [2.45, 2.75) is 30.3 Å². The van der Waals surface area contributed by atoms with Crippen molar-refractivity contribution in [1.82, 2.24) is 19.0 Å². The van der Waals surface area contributed by atoms with Crippen molar-refractivity contribution < 1.29 is 8.42 Å². The van der Waals surface area contributed by atoms with Crippen LogP contribution in [0.4, 0.5) is 0 Å². The van der Waals surface area contributed by atoms with E-state index in [-0.39, 0.29) is 10.9 Å². The fourth-order valence-electron chi connectivity index (χ4n) is 2.41. The summed E-state index contributed by atoms with van der Waals surface area (Å²) in [5, 5.41) is 4.03. The highest BCUT2D eigenvalue weighted by atomic mass is 35.5. The Hall–Kier alpha value is -0.630. The first-order valence-corrected chi connectivity index (χ1v) is 8.67. The minimum Gasteiger partial charge on any atom is -0.306 e. The predicted molar refractivity (Wildman–Crippen MR) is 78.4 cm³/mol. The highest BCUT2D eigenvalue weighted by molar-refractivity contribution is 7.89. The summed E-state index contributed by atoms with van der Waals surface area (Å²) < 4.78 is 28.2. The summed E-state index contributed by atoms with van der Waals surface area (Å²) in [6.07, 6.45) is 4.67. The van der Waals surface area contributed by atoms with E-state index >= 15 is 0 Å². The number of alkyl halides is 1. The lowest BCUT2D eigenvalue weighted by atomic mass is 10.1. The molecule has 1 aromatic rings. The van der Waals surface area contributed by atoms with Crippen LogP contribution in [-0.4, -0.2) is 66.5 Å². The highest BCUT2D eigenvalue weighted by Crippen LogP contribution is 2.21. The molecule has 0 atom stereocenters. The first kappa shape index (κ1) is 15.8.